The second-order valence-electron chi connectivity index (χ2n) is 4.89. The molecule has 0 saturated heterocycles. The molecule has 1 aromatic rings. The Morgan fingerprint density at radius 3 is 2.61 bits per heavy atom. The number of halogens is 1. The smallest absolute Gasteiger partial charge is 0.240 e. The minimum atomic E-state index is -3.47. The quantitative estimate of drug-likeness (QED) is 0.870. The second-order valence-corrected chi connectivity index (χ2v) is 6.99. The molecule has 1 saturated carbocycles. The van der Waals surface area contributed by atoms with Gasteiger partial charge in [-0.15, -0.1) is 0 Å². The first-order valence-electron chi connectivity index (χ1n) is 6.11. The minimum absolute atomic E-state index is 0.0399. The van der Waals surface area contributed by atoms with Crippen LogP contribution in [-0.2, 0) is 10.0 Å². The molecule has 6 heteroatoms. The van der Waals surface area contributed by atoms with Crippen LogP contribution in [0.5, 0.6) is 0 Å². The fraction of sp³-hybridized carbons (Fsp3) is 0.583. The molecule has 0 unspecified atom stereocenters. The summed E-state index contributed by atoms with van der Waals surface area (Å²) in [5.74, 6) is 0.695. The van der Waals surface area contributed by atoms with Gasteiger partial charge in [0, 0.05) is 12.2 Å². The van der Waals surface area contributed by atoms with Crippen LogP contribution in [-0.4, -0.2) is 19.4 Å². The molecule has 0 atom stereocenters. The summed E-state index contributed by atoms with van der Waals surface area (Å²) in [6.45, 7) is 2.20. The van der Waals surface area contributed by atoms with Crippen molar-refractivity contribution in [3.8, 4) is 0 Å². The zero-order valence-electron chi connectivity index (χ0n) is 10.3. The van der Waals surface area contributed by atoms with E-state index < -0.39 is 10.0 Å². The van der Waals surface area contributed by atoms with E-state index in [0.29, 0.717) is 5.92 Å². The van der Waals surface area contributed by atoms with Crippen molar-refractivity contribution < 1.29 is 8.42 Å². The molecule has 0 aromatic carbocycles. The first-order valence-corrected chi connectivity index (χ1v) is 7.97. The van der Waals surface area contributed by atoms with Crippen LogP contribution in [0.1, 0.15) is 32.6 Å². The van der Waals surface area contributed by atoms with E-state index in [1.54, 1.807) is 0 Å². The molecule has 1 aromatic heterocycles. The summed E-state index contributed by atoms with van der Waals surface area (Å²) in [6, 6.07) is 2.87. The zero-order valence-corrected chi connectivity index (χ0v) is 11.8. The van der Waals surface area contributed by atoms with Crippen LogP contribution in [0.4, 0.5) is 0 Å². The number of hydrogen-bond donors (Lipinski definition) is 1. The zero-order chi connectivity index (χ0) is 13.2. The van der Waals surface area contributed by atoms with Gasteiger partial charge in [0.2, 0.25) is 10.0 Å². The van der Waals surface area contributed by atoms with Crippen LogP contribution < -0.4 is 4.72 Å². The Bertz CT molecular complexity index is 511. The molecular weight excluding hydrogens is 272 g/mol. The molecular formula is C12H17ClN2O2S. The number of sulfonamides is 1. The molecule has 4 nitrogen and oxygen atoms in total. The van der Waals surface area contributed by atoms with Crippen LogP contribution in [0.2, 0.25) is 5.15 Å². The second kappa shape index (κ2) is 5.55. The van der Waals surface area contributed by atoms with E-state index in [-0.39, 0.29) is 16.1 Å². The van der Waals surface area contributed by atoms with E-state index in [1.165, 1.54) is 18.3 Å². The molecule has 0 spiro atoms. The highest BCUT2D eigenvalue weighted by atomic mass is 35.5. The maximum absolute atomic E-state index is 12.1. The van der Waals surface area contributed by atoms with Crippen molar-refractivity contribution in [2.24, 2.45) is 5.92 Å². The van der Waals surface area contributed by atoms with Gasteiger partial charge < -0.3 is 0 Å². The maximum atomic E-state index is 12.1. The molecule has 1 aliphatic carbocycles. The van der Waals surface area contributed by atoms with Gasteiger partial charge in [-0.3, -0.25) is 0 Å². The van der Waals surface area contributed by atoms with Gasteiger partial charge in [-0.05, 0) is 43.7 Å². The van der Waals surface area contributed by atoms with Crippen molar-refractivity contribution in [3.63, 3.8) is 0 Å². The van der Waals surface area contributed by atoms with Crippen molar-refractivity contribution in [2.45, 2.75) is 43.5 Å². The summed E-state index contributed by atoms with van der Waals surface area (Å²) in [5.41, 5.74) is 0. The minimum Gasteiger partial charge on any atom is -0.244 e. The van der Waals surface area contributed by atoms with Gasteiger partial charge in [0.05, 0.1) is 4.90 Å². The predicted octanol–water partition coefficient (Wildman–Crippen LogP) is 2.59. The van der Waals surface area contributed by atoms with E-state index in [1.807, 2.05) is 0 Å². The third-order valence-corrected chi connectivity index (χ3v) is 5.07. The fourth-order valence-electron chi connectivity index (χ4n) is 2.22. The summed E-state index contributed by atoms with van der Waals surface area (Å²) in [4.78, 5) is 3.96. The molecule has 18 heavy (non-hydrogen) atoms. The Balaban J connectivity index is 2.08. The summed E-state index contributed by atoms with van der Waals surface area (Å²) in [5, 5.41) is 0.190. The molecule has 0 radical (unpaired) electrons. The topological polar surface area (TPSA) is 59.1 Å². The lowest BCUT2D eigenvalue weighted by molar-refractivity contribution is 0.332. The van der Waals surface area contributed by atoms with Gasteiger partial charge in [-0.2, -0.15) is 0 Å². The molecule has 1 fully saturated rings. The lowest BCUT2D eigenvalue weighted by atomic mass is 9.88. The van der Waals surface area contributed by atoms with E-state index in [0.717, 1.165) is 25.7 Å². The number of pyridine rings is 1. The Labute approximate surface area is 113 Å². The van der Waals surface area contributed by atoms with E-state index in [9.17, 15) is 8.42 Å². The summed E-state index contributed by atoms with van der Waals surface area (Å²) < 4.78 is 27.0. The molecule has 1 aliphatic rings. The largest absolute Gasteiger partial charge is 0.244 e. The van der Waals surface area contributed by atoms with Gasteiger partial charge in [-0.25, -0.2) is 18.1 Å². The summed E-state index contributed by atoms with van der Waals surface area (Å²) in [6.07, 6.45) is 5.35. The highest BCUT2D eigenvalue weighted by Crippen LogP contribution is 2.24. The van der Waals surface area contributed by atoms with Gasteiger partial charge >= 0.3 is 0 Å². The van der Waals surface area contributed by atoms with Gasteiger partial charge in [0.15, 0.2) is 0 Å². The van der Waals surface area contributed by atoms with Crippen LogP contribution in [0, 0.1) is 5.92 Å². The van der Waals surface area contributed by atoms with Crippen LogP contribution in [0.15, 0.2) is 23.2 Å². The third-order valence-electron chi connectivity index (χ3n) is 3.35. The molecule has 0 amide bonds. The van der Waals surface area contributed by atoms with E-state index in [2.05, 4.69) is 16.6 Å². The van der Waals surface area contributed by atoms with Crippen molar-refractivity contribution in [1.82, 2.24) is 9.71 Å². The number of aromatic nitrogens is 1. The Kier molecular flexibility index (Phi) is 4.25. The first kappa shape index (κ1) is 13.8. The molecule has 1 heterocycles. The van der Waals surface area contributed by atoms with Gasteiger partial charge in [-0.1, -0.05) is 18.5 Å². The Morgan fingerprint density at radius 2 is 2.00 bits per heavy atom. The number of hydrogen-bond acceptors (Lipinski definition) is 3. The van der Waals surface area contributed by atoms with E-state index in [4.69, 9.17) is 11.6 Å². The Hall–Kier alpha value is -0.650. The molecule has 100 valence electrons. The standard InChI is InChI=1S/C12H17ClN2O2S/c1-9-2-4-10(5-3-9)15-18(16,17)11-6-7-14-12(13)8-11/h6-10,15H,2-5H2,1H3. The Morgan fingerprint density at radius 1 is 1.33 bits per heavy atom. The van der Waals surface area contributed by atoms with Crippen LogP contribution in [0.3, 0.4) is 0 Å². The summed E-state index contributed by atoms with van der Waals surface area (Å²) in [7, 11) is -3.47. The van der Waals surface area contributed by atoms with Crippen molar-refractivity contribution >= 4 is 21.6 Å². The number of rotatable bonds is 3. The average molecular weight is 289 g/mol. The lowest BCUT2D eigenvalue weighted by Gasteiger charge is -2.26. The van der Waals surface area contributed by atoms with Crippen molar-refractivity contribution in [2.75, 3.05) is 0 Å². The third kappa shape index (κ3) is 3.43. The monoisotopic (exact) mass is 288 g/mol. The lowest BCUT2D eigenvalue weighted by Crippen LogP contribution is -2.37. The number of nitrogens with zero attached hydrogens (tertiary/aromatic N) is 1. The van der Waals surface area contributed by atoms with Crippen molar-refractivity contribution in [1.29, 1.82) is 0 Å². The molecule has 0 aliphatic heterocycles. The molecule has 1 N–H and O–H groups in total. The highest BCUT2D eigenvalue weighted by Gasteiger charge is 2.24. The first-order chi connectivity index (χ1) is 8.47. The summed E-state index contributed by atoms with van der Waals surface area (Å²) >= 11 is 5.71. The maximum Gasteiger partial charge on any atom is 0.240 e. The highest BCUT2D eigenvalue weighted by molar-refractivity contribution is 7.89. The van der Waals surface area contributed by atoms with Crippen molar-refractivity contribution in [3.05, 3.63) is 23.5 Å². The number of nitrogens with one attached hydrogen (secondary N) is 1. The molecule has 2 rings (SSSR count). The predicted molar refractivity (Wildman–Crippen MR) is 71.0 cm³/mol. The van der Waals surface area contributed by atoms with Gasteiger partial charge in [0.1, 0.15) is 5.15 Å². The van der Waals surface area contributed by atoms with Crippen LogP contribution in [0.25, 0.3) is 0 Å². The average Bonchev–Trinajstić information content (AvgIpc) is 2.32. The SMILES string of the molecule is CC1CCC(NS(=O)(=O)c2ccnc(Cl)c2)CC1. The molecule has 0 bridgehead atoms. The van der Waals surface area contributed by atoms with E-state index >= 15 is 0 Å². The normalized spacial score (nSPS) is 25.0. The van der Waals surface area contributed by atoms with Crippen LogP contribution >= 0.6 is 11.6 Å². The van der Waals surface area contributed by atoms with Gasteiger partial charge in [0.25, 0.3) is 0 Å². The fourth-order valence-corrected chi connectivity index (χ4v) is 3.77.